The van der Waals surface area contributed by atoms with Gasteiger partial charge in [0, 0.05) is 37.6 Å². The number of hydrogen-bond acceptors (Lipinski definition) is 4. The molecule has 5 heteroatoms. The minimum atomic E-state index is -0.0165. The van der Waals surface area contributed by atoms with Gasteiger partial charge < -0.3 is 15.4 Å². The molecule has 1 aromatic heterocycles. The molecule has 2 rings (SSSR count). The van der Waals surface area contributed by atoms with Crippen molar-refractivity contribution in [3.05, 3.63) is 16.3 Å². The molecule has 2 heterocycles. The van der Waals surface area contributed by atoms with Gasteiger partial charge in [-0.2, -0.15) is 0 Å². The standard InChI is InChI=1S/C14H22N2O2S/c1-10(12-3-6-18-7-4-12)15-9-14-13(5-8-19-14)16-11(2)17/h5,8,10,12,15H,3-4,6-7,9H2,1-2H3,(H,16,17). The topological polar surface area (TPSA) is 50.4 Å². The van der Waals surface area contributed by atoms with E-state index in [9.17, 15) is 4.79 Å². The molecule has 1 aliphatic heterocycles. The van der Waals surface area contributed by atoms with Crippen LogP contribution in [0.15, 0.2) is 11.4 Å². The number of anilines is 1. The lowest BCUT2D eigenvalue weighted by Crippen LogP contribution is -2.36. The SMILES string of the molecule is CC(=O)Nc1ccsc1CNC(C)C1CCOCC1. The minimum Gasteiger partial charge on any atom is -0.381 e. The number of carbonyl (C=O) groups excluding carboxylic acids is 1. The molecule has 1 saturated heterocycles. The number of rotatable bonds is 5. The fraction of sp³-hybridized carbons (Fsp3) is 0.643. The van der Waals surface area contributed by atoms with Gasteiger partial charge >= 0.3 is 0 Å². The Kier molecular flexibility index (Phi) is 5.36. The van der Waals surface area contributed by atoms with Crippen molar-refractivity contribution in [1.29, 1.82) is 0 Å². The normalized spacial score (nSPS) is 18.2. The number of nitrogens with one attached hydrogen (secondary N) is 2. The Morgan fingerprint density at radius 1 is 1.53 bits per heavy atom. The summed E-state index contributed by atoms with van der Waals surface area (Å²) in [5.41, 5.74) is 0.934. The molecule has 1 fully saturated rings. The first-order valence-corrected chi connectivity index (χ1v) is 7.70. The first kappa shape index (κ1) is 14.5. The first-order chi connectivity index (χ1) is 9.16. The highest BCUT2D eigenvalue weighted by atomic mass is 32.1. The van der Waals surface area contributed by atoms with Gasteiger partial charge in [-0.15, -0.1) is 11.3 Å². The van der Waals surface area contributed by atoms with Crippen LogP contribution >= 0.6 is 11.3 Å². The van der Waals surface area contributed by atoms with Gasteiger partial charge in [-0.1, -0.05) is 0 Å². The monoisotopic (exact) mass is 282 g/mol. The van der Waals surface area contributed by atoms with Gasteiger partial charge in [0.25, 0.3) is 0 Å². The van der Waals surface area contributed by atoms with Crippen LogP contribution in [0.4, 0.5) is 5.69 Å². The minimum absolute atomic E-state index is 0.0165. The van der Waals surface area contributed by atoms with Crippen molar-refractivity contribution in [1.82, 2.24) is 5.32 Å². The largest absolute Gasteiger partial charge is 0.381 e. The Hall–Kier alpha value is -0.910. The Bertz CT molecular complexity index is 413. The van der Waals surface area contributed by atoms with Gasteiger partial charge in [0.15, 0.2) is 0 Å². The second-order valence-corrected chi connectivity index (χ2v) is 6.06. The number of ether oxygens (including phenoxy) is 1. The number of hydrogen-bond donors (Lipinski definition) is 2. The van der Waals surface area contributed by atoms with E-state index >= 15 is 0 Å². The molecule has 106 valence electrons. The fourth-order valence-electron chi connectivity index (χ4n) is 2.41. The van der Waals surface area contributed by atoms with Crippen molar-refractivity contribution in [3.63, 3.8) is 0 Å². The number of amides is 1. The van der Waals surface area contributed by atoms with E-state index in [2.05, 4.69) is 17.6 Å². The van der Waals surface area contributed by atoms with Crippen molar-refractivity contribution >= 4 is 22.9 Å². The zero-order valence-corrected chi connectivity index (χ0v) is 12.4. The second-order valence-electron chi connectivity index (χ2n) is 5.06. The summed E-state index contributed by atoms with van der Waals surface area (Å²) < 4.78 is 5.39. The zero-order valence-electron chi connectivity index (χ0n) is 11.6. The van der Waals surface area contributed by atoms with Crippen molar-refractivity contribution in [2.24, 2.45) is 5.92 Å². The predicted molar refractivity (Wildman–Crippen MR) is 78.5 cm³/mol. The predicted octanol–water partition coefficient (Wildman–Crippen LogP) is 2.61. The molecular weight excluding hydrogens is 260 g/mol. The van der Waals surface area contributed by atoms with Crippen LogP contribution in [0.1, 0.15) is 31.6 Å². The van der Waals surface area contributed by atoms with Crippen molar-refractivity contribution in [2.75, 3.05) is 18.5 Å². The summed E-state index contributed by atoms with van der Waals surface area (Å²) in [5.74, 6) is 0.676. The number of thiophene rings is 1. The Balaban J connectivity index is 1.84. The molecule has 1 atom stereocenters. The van der Waals surface area contributed by atoms with Crippen LogP contribution in [0.5, 0.6) is 0 Å². The van der Waals surface area contributed by atoms with Crippen molar-refractivity contribution < 1.29 is 9.53 Å². The average Bonchev–Trinajstić information content (AvgIpc) is 2.83. The molecule has 0 radical (unpaired) electrons. The van der Waals surface area contributed by atoms with E-state index < -0.39 is 0 Å². The van der Waals surface area contributed by atoms with Gasteiger partial charge in [-0.25, -0.2) is 0 Å². The summed E-state index contributed by atoms with van der Waals surface area (Å²) in [5, 5.41) is 8.46. The van der Waals surface area contributed by atoms with Crippen LogP contribution in [0, 0.1) is 5.92 Å². The molecule has 1 amide bonds. The molecule has 0 saturated carbocycles. The van der Waals surface area contributed by atoms with E-state index in [1.54, 1.807) is 18.3 Å². The maximum Gasteiger partial charge on any atom is 0.221 e. The molecule has 0 aliphatic carbocycles. The van der Waals surface area contributed by atoms with Gasteiger partial charge in [-0.3, -0.25) is 4.79 Å². The third kappa shape index (κ3) is 4.30. The van der Waals surface area contributed by atoms with Crippen LogP contribution in [-0.2, 0) is 16.1 Å². The van der Waals surface area contributed by atoms with Crippen molar-refractivity contribution in [2.45, 2.75) is 39.3 Å². The Morgan fingerprint density at radius 2 is 2.26 bits per heavy atom. The maximum atomic E-state index is 11.1. The molecule has 1 unspecified atom stereocenters. The molecule has 4 nitrogen and oxygen atoms in total. The van der Waals surface area contributed by atoms with E-state index in [1.807, 2.05) is 11.4 Å². The first-order valence-electron chi connectivity index (χ1n) is 6.82. The maximum absolute atomic E-state index is 11.1. The van der Waals surface area contributed by atoms with Crippen LogP contribution in [0.3, 0.4) is 0 Å². The van der Waals surface area contributed by atoms with E-state index in [-0.39, 0.29) is 5.91 Å². The quantitative estimate of drug-likeness (QED) is 0.873. The van der Waals surface area contributed by atoms with Crippen LogP contribution in [-0.4, -0.2) is 25.2 Å². The highest BCUT2D eigenvalue weighted by Gasteiger charge is 2.20. The lowest BCUT2D eigenvalue weighted by atomic mass is 9.93. The van der Waals surface area contributed by atoms with Gasteiger partial charge in [0.2, 0.25) is 5.91 Å². The summed E-state index contributed by atoms with van der Waals surface area (Å²) in [7, 11) is 0. The van der Waals surface area contributed by atoms with Gasteiger partial charge in [0.1, 0.15) is 0 Å². The molecule has 1 aromatic rings. The Morgan fingerprint density at radius 3 is 2.95 bits per heavy atom. The molecule has 2 N–H and O–H groups in total. The smallest absolute Gasteiger partial charge is 0.221 e. The van der Waals surface area contributed by atoms with Gasteiger partial charge in [0.05, 0.1) is 5.69 Å². The third-order valence-corrected chi connectivity index (χ3v) is 4.53. The lowest BCUT2D eigenvalue weighted by molar-refractivity contribution is -0.114. The highest BCUT2D eigenvalue weighted by Crippen LogP contribution is 2.24. The van der Waals surface area contributed by atoms with Crippen LogP contribution in [0.2, 0.25) is 0 Å². The Labute approximate surface area is 118 Å². The summed E-state index contributed by atoms with van der Waals surface area (Å²) in [6, 6.07) is 2.44. The fourth-order valence-corrected chi connectivity index (χ4v) is 3.20. The molecule has 1 aliphatic rings. The van der Waals surface area contributed by atoms with Crippen LogP contribution < -0.4 is 10.6 Å². The summed E-state index contributed by atoms with van der Waals surface area (Å²) in [6.07, 6.45) is 2.27. The van der Waals surface area contributed by atoms with Crippen molar-refractivity contribution in [3.8, 4) is 0 Å². The van der Waals surface area contributed by atoms with E-state index in [0.717, 1.165) is 38.3 Å². The molecule has 19 heavy (non-hydrogen) atoms. The molecule has 0 spiro atoms. The zero-order chi connectivity index (χ0) is 13.7. The lowest BCUT2D eigenvalue weighted by Gasteiger charge is -2.28. The number of carbonyl (C=O) groups is 1. The summed E-state index contributed by atoms with van der Waals surface area (Å²) >= 11 is 1.68. The molecule has 0 aromatic carbocycles. The van der Waals surface area contributed by atoms with Gasteiger partial charge in [-0.05, 0) is 37.1 Å². The molecular formula is C14H22N2O2S. The van der Waals surface area contributed by atoms with E-state index in [4.69, 9.17) is 4.74 Å². The van der Waals surface area contributed by atoms with Crippen LogP contribution in [0.25, 0.3) is 0 Å². The summed E-state index contributed by atoms with van der Waals surface area (Å²) in [4.78, 5) is 12.3. The summed E-state index contributed by atoms with van der Waals surface area (Å²) in [6.45, 7) is 6.35. The highest BCUT2D eigenvalue weighted by molar-refractivity contribution is 7.10. The second kappa shape index (κ2) is 7.03. The van der Waals surface area contributed by atoms with E-state index in [1.165, 1.54) is 4.88 Å². The average molecular weight is 282 g/mol. The molecule has 0 bridgehead atoms. The van der Waals surface area contributed by atoms with E-state index in [0.29, 0.717) is 12.0 Å². The third-order valence-electron chi connectivity index (χ3n) is 3.61.